The van der Waals surface area contributed by atoms with Crippen LogP contribution in [0.1, 0.15) is 32.3 Å². The second kappa shape index (κ2) is 9.17. The smallest absolute Gasteiger partial charge is 0.384 e. The van der Waals surface area contributed by atoms with Gasteiger partial charge in [0.25, 0.3) is 0 Å². The molecule has 19 heavy (non-hydrogen) atoms. The number of unbranched alkanes of at least 4 members (excludes halogenated alkanes) is 1. The van der Waals surface area contributed by atoms with E-state index in [1.165, 1.54) is 12.1 Å². The van der Waals surface area contributed by atoms with E-state index in [0.717, 1.165) is 30.9 Å². The van der Waals surface area contributed by atoms with E-state index in [-0.39, 0.29) is 0 Å². The van der Waals surface area contributed by atoms with E-state index in [0.29, 0.717) is 13.2 Å². The van der Waals surface area contributed by atoms with E-state index >= 15 is 0 Å². The molecular formula is C14H21F2O2Si. The molecule has 0 aromatic heterocycles. The number of hydrogen-bond acceptors (Lipinski definition) is 2. The van der Waals surface area contributed by atoms with Crippen molar-refractivity contribution in [2.75, 3.05) is 13.2 Å². The summed E-state index contributed by atoms with van der Waals surface area (Å²) in [5.74, 6) is -1.56. The predicted molar refractivity (Wildman–Crippen MR) is 73.1 cm³/mol. The lowest BCUT2D eigenvalue weighted by Crippen LogP contribution is -2.22. The molecule has 0 fully saturated rings. The quantitative estimate of drug-likeness (QED) is 0.507. The molecule has 0 unspecified atom stereocenters. The van der Waals surface area contributed by atoms with E-state index in [4.69, 9.17) is 8.85 Å². The van der Waals surface area contributed by atoms with Gasteiger partial charge in [-0.3, -0.25) is 0 Å². The summed E-state index contributed by atoms with van der Waals surface area (Å²) in [5, 5.41) is 0. The van der Waals surface area contributed by atoms with Gasteiger partial charge in [0.15, 0.2) is 11.6 Å². The third-order valence-electron chi connectivity index (χ3n) is 2.69. The Morgan fingerprint density at radius 3 is 2.26 bits per heavy atom. The first-order valence-corrected chi connectivity index (χ1v) is 8.25. The average molecular weight is 287 g/mol. The summed E-state index contributed by atoms with van der Waals surface area (Å²) in [6, 6.07) is 5.01. The van der Waals surface area contributed by atoms with Crippen molar-refractivity contribution in [3.8, 4) is 0 Å². The van der Waals surface area contributed by atoms with E-state index in [1.54, 1.807) is 6.07 Å². The van der Waals surface area contributed by atoms with E-state index < -0.39 is 20.9 Å². The van der Waals surface area contributed by atoms with Crippen LogP contribution in [-0.2, 0) is 15.3 Å². The second-order valence-corrected chi connectivity index (χ2v) is 6.01. The van der Waals surface area contributed by atoms with Gasteiger partial charge in [-0.2, -0.15) is 0 Å². The summed E-state index contributed by atoms with van der Waals surface area (Å²) >= 11 is 0. The van der Waals surface area contributed by atoms with Crippen LogP contribution in [-0.4, -0.2) is 22.5 Å². The average Bonchev–Trinajstić information content (AvgIpc) is 2.39. The van der Waals surface area contributed by atoms with Gasteiger partial charge in [0.1, 0.15) is 0 Å². The zero-order valence-electron chi connectivity index (χ0n) is 11.5. The summed E-state index contributed by atoms with van der Waals surface area (Å²) in [4.78, 5) is 0. The third kappa shape index (κ3) is 6.27. The largest absolute Gasteiger partial charge is 0.394 e. The number of aryl methyl sites for hydroxylation is 1. The van der Waals surface area contributed by atoms with Crippen LogP contribution in [0.5, 0.6) is 0 Å². The third-order valence-corrected chi connectivity index (χ3v) is 4.67. The van der Waals surface area contributed by atoms with Crippen molar-refractivity contribution in [1.29, 1.82) is 0 Å². The summed E-state index contributed by atoms with van der Waals surface area (Å²) < 4.78 is 36.8. The molecule has 0 aliphatic heterocycles. The lowest BCUT2D eigenvalue weighted by Gasteiger charge is -2.12. The molecule has 0 atom stereocenters. The highest BCUT2D eigenvalue weighted by Crippen LogP contribution is 2.13. The second-order valence-electron chi connectivity index (χ2n) is 4.19. The Balaban J connectivity index is 2.27. The van der Waals surface area contributed by atoms with Crippen molar-refractivity contribution >= 4 is 9.28 Å². The summed E-state index contributed by atoms with van der Waals surface area (Å²) in [7, 11) is -1.15. The molecule has 1 rings (SSSR count). The highest BCUT2D eigenvalue weighted by molar-refractivity contribution is 6.44. The zero-order valence-corrected chi connectivity index (χ0v) is 12.5. The number of benzene rings is 1. The molecule has 0 bridgehead atoms. The fraction of sp³-hybridized carbons (Fsp3) is 0.571. The fourth-order valence-electron chi connectivity index (χ4n) is 1.80. The molecule has 0 saturated heterocycles. The minimum atomic E-state index is -1.15. The van der Waals surface area contributed by atoms with Crippen molar-refractivity contribution in [1.82, 2.24) is 0 Å². The van der Waals surface area contributed by atoms with Crippen LogP contribution in [0.2, 0.25) is 6.04 Å². The molecule has 0 aliphatic carbocycles. The highest BCUT2D eigenvalue weighted by Gasteiger charge is 2.13. The van der Waals surface area contributed by atoms with Crippen LogP contribution in [0.3, 0.4) is 0 Å². The van der Waals surface area contributed by atoms with Gasteiger partial charge in [-0.15, -0.1) is 0 Å². The summed E-state index contributed by atoms with van der Waals surface area (Å²) in [5.41, 5.74) is 0.834. The van der Waals surface area contributed by atoms with Crippen molar-refractivity contribution in [3.05, 3.63) is 35.4 Å². The van der Waals surface area contributed by atoms with Gasteiger partial charge in [0.05, 0.1) is 0 Å². The summed E-state index contributed by atoms with van der Waals surface area (Å²) in [6.07, 6.45) is 2.66. The molecule has 2 nitrogen and oxygen atoms in total. The lowest BCUT2D eigenvalue weighted by molar-refractivity contribution is 0.212. The number of halogens is 2. The Hall–Kier alpha value is -0.783. The first-order chi connectivity index (χ1) is 9.17. The molecule has 107 valence electrons. The molecule has 1 aromatic rings. The Morgan fingerprint density at radius 1 is 1.00 bits per heavy atom. The zero-order chi connectivity index (χ0) is 14.1. The molecule has 0 N–H and O–H groups in total. The predicted octanol–water partition coefficient (Wildman–Crippen LogP) is 3.85. The first kappa shape index (κ1) is 16.3. The van der Waals surface area contributed by atoms with Gasteiger partial charge in [0.2, 0.25) is 0 Å². The van der Waals surface area contributed by atoms with Crippen LogP contribution < -0.4 is 0 Å². The lowest BCUT2D eigenvalue weighted by atomic mass is 10.1. The van der Waals surface area contributed by atoms with Crippen molar-refractivity contribution in [3.63, 3.8) is 0 Å². The maximum absolute atomic E-state index is 13.0. The SMILES string of the molecule is CCO[Si](CCCCc1ccc(F)c(F)c1)OCC. The van der Waals surface area contributed by atoms with Gasteiger partial charge >= 0.3 is 9.28 Å². The van der Waals surface area contributed by atoms with Gasteiger partial charge in [0, 0.05) is 13.2 Å². The van der Waals surface area contributed by atoms with Crippen LogP contribution in [0.15, 0.2) is 18.2 Å². The fourth-order valence-corrected chi connectivity index (χ4v) is 3.36. The molecule has 5 heteroatoms. The Labute approximate surface area is 115 Å². The van der Waals surface area contributed by atoms with E-state index in [9.17, 15) is 8.78 Å². The standard InChI is InChI=1S/C14H21F2O2Si/c1-3-17-19(18-4-2)10-6-5-7-12-8-9-13(15)14(16)11-12/h8-9,11H,3-7,10H2,1-2H3. The van der Waals surface area contributed by atoms with E-state index in [2.05, 4.69) is 0 Å². The summed E-state index contributed by atoms with van der Waals surface area (Å²) in [6.45, 7) is 5.28. The van der Waals surface area contributed by atoms with Gasteiger partial charge in [-0.1, -0.05) is 12.5 Å². The van der Waals surface area contributed by atoms with E-state index in [1.807, 2.05) is 13.8 Å². The van der Waals surface area contributed by atoms with Gasteiger partial charge < -0.3 is 8.85 Å². The van der Waals surface area contributed by atoms with Gasteiger partial charge in [-0.25, -0.2) is 8.78 Å². The van der Waals surface area contributed by atoms with Crippen molar-refractivity contribution in [2.24, 2.45) is 0 Å². The first-order valence-electron chi connectivity index (χ1n) is 6.72. The molecule has 1 radical (unpaired) electrons. The molecule has 0 spiro atoms. The molecule has 1 aromatic carbocycles. The van der Waals surface area contributed by atoms with Crippen molar-refractivity contribution < 1.29 is 17.6 Å². The van der Waals surface area contributed by atoms with Crippen LogP contribution >= 0.6 is 0 Å². The minimum Gasteiger partial charge on any atom is -0.394 e. The Bertz CT molecular complexity index is 368. The Kier molecular flexibility index (Phi) is 7.86. The molecule has 0 heterocycles. The Morgan fingerprint density at radius 2 is 1.68 bits per heavy atom. The molecule has 0 amide bonds. The monoisotopic (exact) mass is 287 g/mol. The molecule has 0 saturated carbocycles. The van der Waals surface area contributed by atoms with Crippen LogP contribution in [0, 0.1) is 11.6 Å². The van der Waals surface area contributed by atoms with Gasteiger partial charge in [-0.05, 0) is 50.4 Å². The normalized spacial score (nSPS) is 11.2. The van der Waals surface area contributed by atoms with Crippen LogP contribution in [0.4, 0.5) is 8.78 Å². The van der Waals surface area contributed by atoms with Crippen molar-refractivity contribution in [2.45, 2.75) is 39.2 Å². The molecule has 0 aliphatic rings. The topological polar surface area (TPSA) is 18.5 Å². The highest BCUT2D eigenvalue weighted by atomic mass is 28.3. The number of hydrogen-bond donors (Lipinski definition) is 0. The van der Waals surface area contributed by atoms with Crippen LogP contribution in [0.25, 0.3) is 0 Å². The maximum Gasteiger partial charge on any atom is 0.384 e. The number of rotatable bonds is 9. The maximum atomic E-state index is 13.0. The minimum absolute atomic E-state index is 0.678. The molecular weight excluding hydrogens is 266 g/mol.